The number of hydrogen-bond acceptors (Lipinski definition) is 4. The molecule has 1 aliphatic rings. The number of carbonyl (C=O) groups excluding carboxylic acids is 2. The molecule has 2 amide bonds. The molecule has 156 valence electrons. The van der Waals surface area contributed by atoms with Gasteiger partial charge in [-0.05, 0) is 56.1 Å². The molecule has 1 aliphatic carbocycles. The minimum atomic E-state index is -0.117. The second kappa shape index (κ2) is 11.2. The summed E-state index contributed by atoms with van der Waals surface area (Å²) >= 11 is 0. The maximum atomic E-state index is 12.6. The van der Waals surface area contributed by atoms with E-state index in [0.717, 1.165) is 45.3 Å². The first-order valence-corrected chi connectivity index (χ1v) is 10.6. The van der Waals surface area contributed by atoms with E-state index in [4.69, 9.17) is 5.73 Å². The second-order valence-corrected chi connectivity index (χ2v) is 7.85. The van der Waals surface area contributed by atoms with Gasteiger partial charge in [0.2, 0.25) is 5.91 Å². The molecule has 0 bridgehead atoms. The Hall–Kier alpha value is -1.92. The largest absolute Gasteiger partial charge is 0.351 e. The van der Waals surface area contributed by atoms with E-state index in [1.165, 1.54) is 6.42 Å². The van der Waals surface area contributed by atoms with Crippen LogP contribution in [-0.2, 0) is 4.79 Å². The van der Waals surface area contributed by atoms with Gasteiger partial charge >= 0.3 is 0 Å². The Kier molecular flexibility index (Phi) is 8.93. The first-order chi connectivity index (χ1) is 13.5. The third kappa shape index (κ3) is 6.60. The van der Waals surface area contributed by atoms with Gasteiger partial charge in [-0.2, -0.15) is 0 Å². The molecular weight excluding hydrogens is 352 g/mol. The van der Waals surface area contributed by atoms with E-state index in [9.17, 15) is 9.59 Å². The van der Waals surface area contributed by atoms with E-state index in [2.05, 4.69) is 29.4 Å². The summed E-state index contributed by atoms with van der Waals surface area (Å²) in [5.41, 5.74) is 7.14. The number of nitrogens with two attached hydrogens (primary N) is 1. The molecule has 4 N–H and O–H groups in total. The van der Waals surface area contributed by atoms with E-state index < -0.39 is 0 Å². The van der Waals surface area contributed by atoms with Gasteiger partial charge in [0, 0.05) is 30.8 Å². The van der Waals surface area contributed by atoms with Crippen molar-refractivity contribution in [1.29, 1.82) is 0 Å². The van der Waals surface area contributed by atoms with Crippen molar-refractivity contribution < 1.29 is 9.59 Å². The number of rotatable bonds is 10. The van der Waals surface area contributed by atoms with Crippen molar-refractivity contribution in [3.63, 3.8) is 0 Å². The zero-order valence-corrected chi connectivity index (χ0v) is 17.4. The van der Waals surface area contributed by atoms with Crippen LogP contribution >= 0.6 is 0 Å². The van der Waals surface area contributed by atoms with Crippen LogP contribution < -0.4 is 16.4 Å². The van der Waals surface area contributed by atoms with Gasteiger partial charge in [-0.3, -0.25) is 9.59 Å². The molecule has 0 radical (unpaired) electrons. The van der Waals surface area contributed by atoms with Crippen LogP contribution in [0, 0.1) is 5.41 Å². The highest BCUT2D eigenvalue weighted by molar-refractivity contribution is 5.97. The lowest BCUT2D eigenvalue weighted by molar-refractivity contribution is -0.118. The Morgan fingerprint density at radius 3 is 2.50 bits per heavy atom. The number of benzene rings is 1. The zero-order valence-electron chi connectivity index (χ0n) is 17.4. The Morgan fingerprint density at radius 1 is 1.14 bits per heavy atom. The van der Waals surface area contributed by atoms with Crippen LogP contribution in [0.15, 0.2) is 24.3 Å². The van der Waals surface area contributed by atoms with E-state index in [-0.39, 0.29) is 17.2 Å². The molecule has 1 aromatic rings. The molecule has 1 aromatic carbocycles. The molecule has 2 rings (SSSR count). The number of likely N-dealkylation sites (N-methyl/N-ethyl adjacent to an activating group) is 1. The normalized spacial score (nSPS) is 16.0. The maximum Gasteiger partial charge on any atom is 0.251 e. The van der Waals surface area contributed by atoms with Gasteiger partial charge in [0.1, 0.15) is 0 Å². The lowest BCUT2D eigenvalue weighted by atomic mass is 9.71. The fourth-order valence-electron chi connectivity index (χ4n) is 4.01. The van der Waals surface area contributed by atoms with Gasteiger partial charge in [-0.25, -0.2) is 0 Å². The van der Waals surface area contributed by atoms with E-state index in [1.807, 2.05) is 6.07 Å². The minimum absolute atomic E-state index is 0.0218. The maximum absolute atomic E-state index is 12.6. The molecule has 0 saturated heterocycles. The summed E-state index contributed by atoms with van der Waals surface area (Å²) in [4.78, 5) is 27.2. The van der Waals surface area contributed by atoms with Crippen molar-refractivity contribution in [2.75, 3.05) is 38.0 Å². The van der Waals surface area contributed by atoms with Crippen molar-refractivity contribution in [3.8, 4) is 0 Å². The summed E-state index contributed by atoms with van der Waals surface area (Å²) < 4.78 is 0. The highest BCUT2D eigenvalue weighted by Crippen LogP contribution is 2.38. The third-order valence-electron chi connectivity index (χ3n) is 5.90. The Morgan fingerprint density at radius 2 is 1.86 bits per heavy atom. The van der Waals surface area contributed by atoms with Crippen molar-refractivity contribution >= 4 is 17.5 Å². The monoisotopic (exact) mass is 388 g/mol. The van der Waals surface area contributed by atoms with Gasteiger partial charge < -0.3 is 21.3 Å². The standard InChI is InChI=1S/C22H36N4O2/c1-3-26(4-2)14-13-24-21(28)18-9-8-10-19(15-18)25-20(27)16-22(17-23)11-6-5-7-12-22/h8-10,15H,3-7,11-14,16-17,23H2,1-2H3,(H,24,28)(H,25,27). The average molecular weight is 389 g/mol. The predicted molar refractivity (Wildman–Crippen MR) is 114 cm³/mol. The lowest BCUT2D eigenvalue weighted by Gasteiger charge is -2.35. The molecule has 0 aliphatic heterocycles. The molecule has 6 nitrogen and oxygen atoms in total. The SMILES string of the molecule is CCN(CC)CCNC(=O)c1cccc(NC(=O)CC2(CN)CCCCC2)c1. The lowest BCUT2D eigenvalue weighted by Crippen LogP contribution is -2.36. The molecule has 0 atom stereocenters. The van der Waals surface area contributed by atoms with Crippen LogP contribution in [0.3, 0.4) is 0 Å². The Bertz CT molecular complexity index is 637. The molecular formula is C22H36N4O2. The summed E-state index contributed by atoms with van der Waals surface area (Å²) in [7, 11) is 0. The molecule has 28 heavy (non-hydrogen) atoms. The second-order valence-electron chi connectivity index (χ2n) is 7.85. The van der Waals surface area contributed by atoms with Gasteiger partial charge in [0.05, 0.1) is 0 Å². The van der Waals surface area contributed by atoms with Crippen LogP contribution in [0.25, 0.3) is 0 Å². The van der Waals surface area contributed by atoms with E-state index in [1.54, 1.807) is 18.2 Å². The fraction of sp³-hybridized carbons (Fsp3) is 0.636. The van der Waals surface area contributed by atoms with E-state index >= 15 is 0 Å². The van der Waals surface area contributed by atoms with Crippen LogP contribution in [0.1, 0.15) is 62.7 Å². The van der Waals surface area contributed by atoms with Crippen LogP contribution in [0.5, 0.6) is 0 Å². The third-order valence-corrected chi connectivity index (χ3v) is 5.90. The highest BCUT2D eigenvalue weighted by Gasteiger charge is 2.32. The average Bonchev–Trinajstić information content (AvgIpc) is 2.72. The molecule has 6 heteroatoms. The summed E-state index contributed by atoms with van der Waals surface area (Å²) in [5, 5.41) is 5.90. The van der Waals surface area contributed by atoms with Crippen molar-refractivity contribution in [2.45, 2.75) is 52.4 Å². The highest BCUT2D eigenvalue weighted by atomic mass is 16.2. The first-order valence-electron chi connectivity index (χ1n) is 10.6. The molecule has 1 fully saturated rings. The summed E-state index contributed by atoms with van der Waals surface area (Å²) in [6.45, 7) is 8.15. The number of nitrogens with one attached hydrogen (secondary N) is 2. The minimum Gasteiger partial charge on any atom is -0.351 e. The Balaban J connectivity index is 1.89. The Labute approximate surface area is 169 Å². The van der Waals surface area contributed by atoms with Gasteiger partial charge in [0.25, 0.3) is 5.91 Å². The molecule has 0 aromatic heterocycles. The number of hydrogen-bond donors (Lipinski definition) is 3. The number of nitrogens with zero attached hydrogens (tertiary/aromatic N) is 1. The van der Waals surface area contributed by atoms with Crippen molar-refractivity contribution in [1.82, 2.24) is 10.2 Å². The fourth-order valence-corrected chi connectivity index (χ4v) is 4.01. The summed E-state index contributed by atoms with van der Waals surface area (Å²) in [6, 6.07) is 7.13. The molecule has 0 spiro atoms. The quantitative estimate of drug-likeness (QED) is 0.575. The van der Waals surface area contributed by atoms with Crippen molar-refractivity contribution in [3.05, 3.63) is 29.8 Å². The molecule has 0 unspecified atom stereocenters. The van der Waals surface area contributed by atoms with Crippen LogP contribution in [0.4, 0.5) is 5.69 Å². The predicted octanol–water partition coefficient (Wildman–Crippen LogP) is 3.00. The molecule has 0 heterocycles. The first kappa shape index (κ1) is 22.4. The summed E-state index contributed by atoms with van der Waals surface area (Å²) in [6.07, 6.45) is 6.01. The number of anilines is 1. The van der Waals surface area contributed by atoms with Gasteiger partial charge in [0.15, 0.2) is 0 Å². The van der Waals surface area contributed by atoms with E-state index in [0.29, 0.717) is 30.8 Å². The number of amides is 2. The van der Waals surface area contributed by atoms with Crippen LogP contribution in [-0.4, -0.2) is 49.4 Å². The van der Waals surface area contributed by atoms with Gasteiger partial charge in [-0.1, -0.05) is 39.2 Å². The van der Waals surface area contributed by atoms with Gasteiger partial charge in [-0.15, -0.1) is 0 Å². The van der Waals surface area contributed by atoms with Crippen LogP contribution in [0.2, 0.25) is 0 Å². The van der Waals surface area contributed by atoms with Crippen molar-refractivity contribution in [2.24, 2.45) is 11.1 Å². The summed E-state index contributed by atoms with van der Waals surface area (Å²) in [5.74, 6) is -0.139. The number of carbonyl (C=O) groups is 2. The zero-order chi connectivity index (χ0) is 20.4. The smallest absolute Gasteiger partial charge is 0.251 e. The topological polar surface area (TPSA) is 87.5 Å². The molecule has 1 saturated carbocycles.